The first kappa shape index (κ1) is 6.63. The van der Waals surface area contributed by atoms with Crippen molar-refractivity contribution >= 4 is 0 Å². The lowest BCUT2D eigenvalue weighted by atomic mass is 10.0. The largest absolute Gasteiger partial charge is 0.254 e. The van der Waals surface area contributed by atoms with E-state index >= 15 is 0 Å². The molecule has 1 fully saturated rings. The molecule has 0 saturated carbocycles. The average molecular weight is 160 g/mol. The summed E-state index contributed by atoms with van der Waals surface area (Å²) in [5.41, 5.74) is 6.42. The standard InChI is InChI=1S/C10H12N2/c1-2-4-9-8(3-1)7-12-10(9)5-6-11-12/h1-4,10-11H,5-7H2. The molecule has 2 heteroatoms. The maximum absolute atomic E-state index is 3.40. The molecule has 1 aromatic carbocycles. The summed E-state index contributed by atoms with van der Waals surface area (Å²) in [7, 11) is 0. The minimum atomic E-state index is 0.654. The summed E-state index contributed by atoms with van der Waals surface area (Å²) >= 11 is 0. The summed E-state index contributed by atoms with van der Waals surface area (Å²) < 4.78 is 0. The van der Waals surface area contributed by atoms with Gasteiger partial charge in [0.05, 0.1) is 6.04 Å². The fraction of sp³-hybridized carbons (Fsp3) is 0.400. The Bertz CT molecular complexity index is 308. The number of nitrogens with zero attached hydrogens (tertiary/aromatic N) is 1. The number of nitrogens with one attached hydrogen (secondary N) is 1. The number of hydrogen-bond donors (Lipinski definition) is 1. The van der Waals surface area contributed by atoms with Crippen molar-refractivity contribution in [3.8, 4) is 0 Å². The second kappa shape index (κ2) is 2.31. The molecule has 1 atom stereocenters. The maximum Gasteiger partial charge on any atom is 0.0512 e. The van der Waals surface area contributed by atoms with Gasteiger partial charge in [0.2, 0.25) is 0 Å². The van der Waals surface area contributed by atoms with Crippen molar-refractivity contribution in [2.45, 2.75) is 19.0 Å². The van der Waals surface area contributed by atoms with Crippen molar-refractivity contribution in [3.63, 3.8) is 0 Å². The Morgan fingerprint density at radius 3 is 3.25 bits per heavy atom. The molecule has 0 aliphatic carbocycles. The van der Waals surface area contributed by atoms with Gasteiger partial charge in [0.15, 0.2) is 0 Å². The maximum atomic E-state index is 3.40. The predicted molar refractivity (Wildman–Crippen MR) is 47.3 cm³/mol. The molecule has 62 valence electrons. The van der Waals surface area contributed by atoms with E-state index < -0.39 is 0 Å². The number of hydrazine groups is 1. The van der Waals surface area contributed by atoms with E-state index in [9.17, 15) is 0 Å². The second-order valence-corrected chi connectivity index (χ2v) is 3.54. The zero-order valence-corrected chi connectivity index (χ0v) is 6.96. The van der Waals surface area contributed by atoms with Crippen LogP contribution < -0.4 is 5.43 Å². The van der Waals surface area contributed by atoms with Crippen molar-refractivity contribution in [3.05, 3.63) is 35.4 Å². The van der Waals surface area contributed by atoms with Crippen LogP contribution in [0.15, 0.2) is 24.3 Å². The van der Waals surface area contributed by atoms with E-state index in [0.717, 1.165) is 13.1 Å². The summed E-state index contributed by atoms with van der Waals surface area (Å²) in [5, 5.41) is 2.35. The second-order valence-electron chi connectivity index (χ2n) is 3.54. The van der Waals surface area contributed by atoms with E-state index in [1.165, 1.54) is 17.5 Å². The minimum absolute atomic E-state index is 0.654. The lowest BCUT2D eigenvalue weighted by Crippen LogP contribution is -2.27. The number of fused-ring (bicyclic) bond motifs is 3. The third-order valence-corrected chi connectivity index (χ3v) is 2.86. The number of rotatable bonds is 0. The van der Waals surface area contributed by atoms with Gasteiger partial charge < -0.3 is 0 Å². The Morgan fingerprint density at radius 2 is 2.25 bits per heavy atom. The third kappa shape index (κ3) is 0.765. The van der Waals surface area contributed by atoms with Gasteiger partial charge in [-0.25, -0.2) is 5.01 Å². The molecule has 2 nitrogen and oxygen atoms in total. The van der Waals surface area contributed by atoms with Crippen molar-refractivity contribution in [1.29, 1.82) is 0 Å². The molecule has 0 aromatic heterocycles. The Balaban J connectivity index is 2.09. The summed E-state index contributed by atoms with van der Waals surface area (Å²) in [6.45, 7) is 2.22. The van der Waals surface area contributed by atoms with Gasteiger partial charge in [-0.3, -0.25) is 5.43 Å². The van der Waals surface area contributed by atoms with Gasteiger partial charge in [-0.2, -0.15) is 0 Å². The Labute approximate surface area is 72.2 Å². The first-order chi connectivity index (χ1) is 5.95. The molecule has 1 unspecified atom stereocenters. The minimum Gasteiger partial charge on any atom is -0.254 e. The molecule has 1 aromatic rings. The van der Waals surface area contributed by atoms with E-state index in [1.807, 2.05) is 0 Å². The van der Waals surface area contributed by atoms with Crippen molar-refractivity contribution < 1.29 is 0 Å². The van der Waals surface area contributed by atoms with Crippen LogP contribution in [0.5, 0.6) is 0 Å². The fourth-order valence-corrected chi connectivity index (χ4v) is 2.29. The van der Waals surface area contributed by atoms with Crippen LogP contribution in [-0.2, 0) is 6.54 Å². The molecule has 1 saturated heterocycles. The van der Waals surface area contributed by atoms with Gasteiger partial charge in [-0.15, -0.1) is 0 Å². The predicted octanol–water partition coefficient (Wildman–Crippen LogP) is 1.45. The van der Waals surface area contributed by atoms with E-state index in [4.69, 9.17) is 0 Å². The van der Waals surface area contributed by atoms with Crippen LogP contribution >= 0.6 is 0 Å². The van der Waals surface area contributed by atoms with Crippen LogP contribution in [0, 0.1) is 0 Å². The molecule has 0 bridgehead atoms. The number of benzene rings is 1. The zero-order valence-electron chi connectivity index (χ0n) is 6.96. The molecule has 3 rings (SSSR count). The Morgan fingerprint density at radius 1 is 1.33 bits per heavy atom. The van der Waals surface area contributed by atoms with Gasteiger partial charge in [0.25, 0.3) is 0 Å². The van der Waals surface area contributed by atoms with Crippen molar-refractivity contribution in [2.75, 3.05) is 6.54 Å². The molecule has 2 aliphatic rings. The van der Waals surface area contributed by atoms with Crippen molar-refractivity contribution in [2.24, 2.45) is 0 Å². The number of hydrogen-bond acceptors (Lipinski definition) is 2. The highest BCUT2D eigenvalue weighted by atomic mass is 15.5. The fourth-order valence-electron chi connectivity index (χ4n) is 2.29. The molecule has 1 N–H and O–H groups in total. The first-order valence-electron chi connectivity index (χ1n) is 4.53. The monoisotopic (exact) mass is 160 g/mol. The lowest BCUT2D eigenvalue weighted by Gasteiger charge is -2.13. The highest BCUT2D eigenvalue weighted by molar-refractivity contribution is 5.34. The quantitative estimate of drug-likeness (QED) is 0.618. The average Bonchev–Trinajstić information content (AvgIpc) is 2.62. The van der Waals surface area contributed by atoms with Gasteiger partial charge in [0, 0.05) is 13.1 Å². The zero-order chi connectivity index (χ0) is 7.97. The van der Waals surface area contributed by atoms with Crippen LogP contribution in [0.4, 0.5) is 0 Å². The molecular weight excluding hydrogens is 148 g/mol. The van der Waals surface area contributed by atoms with E-state index in [0.29, 0.717) is 6.04 Å². The lowest BCUT2D eigenvalue weighted by molar-refractivity contribution is 0.204. The van der Waals surface area contributed by atoms with Gasteiger partial charge in [-0.05, 0) is 17.5 Å². The topological polar surface area (TPSA) is 15.3 Å². The summed E-state index contributed by atoms with van der Waals surface area (Å²) in [6.07, 6.45) is 1.26. The smallest absolute Gasteiger partial charge is 0.0512 e. The summed E-state index contributed by atoms with van der Waals surface area (Å²) in [6, 6.07) is 9.41. The first-order valence-corrected chi connectivity index (χ1v) is 4.53. The highest BCUT2D eigenvalue weighted by Crippen LogP contribution is 2.36. The van der Waals surface area contributed by atoms with E-state index in [-0.39, 0.29) is 0 Å². The molecule has 0 spiro atoms. The summed E-state index contributed by atoms with van der Waals surface area (Å²) in [5.74, 6) is 0. The van der Waals surface area contributed by atoms with E-state index in [1.54, 1.807) is 0 Å². The SMILES string of the molecule is c1ccc2c(c1)CN1NCCC21. The van der Waals surface area contributed by atoms with Crippen LogP contribution in [-0.4, -0.2) is 11.6 Å². The van der Waals surface area contributed by atoms with Gasteiger partial charge in [-0.1, -0.05) is 24.3 Å². The molecule has 0 amide bonds. The molecule has 12 heavy (non-hydrogen) atoms. The Kier molecular flexibility index (Phi) is 1.28. The summed E-state index contributed by atoms with van der Waals surface area (Å²) in [4.78, 5) is 0. The normalized spacial score (nSPS) is 27.2. The third-order valence-electron chi connectivity index (χ3n) is 2.86. The molecule has 2 aliphatic heterocycles. The van der Waals surface area contributed by atoms with Crippen LogP contribution in [0.3, 0.4) is 0 Å². The van der Waals surface area contributed by atoms with Gasteiger partial charge >= 0.3 is 0 Å². The highest BCUT2D eigenvalue weighted by Gasteiger charge is 2.32. The molecular formula is C10H12N2. The molecule has 2 heterocycles. The van der Waals surface area contributed by atoms with Gasteiger partial charge in [0.1, 0.15) is 0 Å². The van der Waals surface area contributed by atoms with Crippen LogP contribution in [0.2, 0.25) is 0 Å². The Hall–Kier alpha value is -0.860. The molecule has 0 radical (unpaired) electrons. The van der Waals surface area contributed by atoms with Crippen molar-refractivity contribution in [1.82, 2.24) is 10.4 Å². The van der Waals surface area contributed by atoms with Crippen LogP contribution in [0.1, 0.15) is 23.6 Å². The van der Waals surface area contributed by atoms with Crippen LogP contribution in [0.25, 0.3) is 0 Å². The van der Waals surface area contributed by atoms with E-state index in [2.05, 4.69) is 34.7 Å².